The van der Waals surface area contributed by atoms with Gasteiger partial charge in [0, 0.05) is 8.80 Å². The van der Waals surface area contributed by atoms with Crippen LogP contribution >= 0.6 is 0 Å². The summed E-state index contributed by atoms with van der Waals surface area (Å²) in [5.41, 5.74) is 1.47. The molecule has 1 aromatic carbocycles. The first kappa shape index (κ1) is 17.5. The average Bonchev–Trinajstić information content (AvgIpc) is 3.28. The molecule has 2 aromatic rings. The Labute approximate surface area is 146 Å². The van der Waals surface area contributed by atoms with Crippen molar-refractivity contribution in [1.82, 2.24) is 0 Å². The Balaban J connectivity index is 1.37. The third-order valence-corrected chi connectivity index (χ3v) is 7.35. The maximum Gasteiger partial charge on any atom is 0.132 e. The summed E-state index contributed by atoms with van der Waals surface area (Å²) in [6, 6.07) is 17.5. The van der Waals surface area contributed by atoms with Crippen molar-refractivity contribution in [2.24, 2.45) is 0 Å². The summed E-state index contributed by atoms with van der Waals surface area (Å²) in [7, 11) is -0.648. The van der Waals surface area contributed by atoms with Gasteiger partial charge in [0.25, 0.3) is 0 Å². The molecular formula is C20H28O3Si. The quantitative estimate of drug-likeness (QED) is 0.441. The zero-order valence-electron chi connectivity index (χ0n) is 14.5. The number of furan rings is 1. The molecule has 0 aliphatic carbocycles. The van der Waals surface area contributed by atoms with Crippen LogP contribution in [0.25, 0.3) is 0 Å². The van der Waals surface area contributed by atoms with Crippen molar-refractivity contribution < 1.29 is 13.9 Å². The van der Waals surface area contributed by atoms with Crippen LogP contribution in [0.5, 0.6) is 0 Å². The van der Waals surface area contributed by atoms with Crippen molar-refractivity contribution in [2.75, 3.05) is 13.2 Å². The molecule has 0 N–H and O–H groups in total. The van der Waals surface area contributed by atoms with Gasteiger partial charge in [-0.25, -0.2) is 0 Å². The number of aryl methyl sites for hydroxylation is 1. The molecule has 24 heavy (non-hydrogen) atoms. The Bertz CT molecular complexity index is 566. The van der Waals surface area contributed by atoms with E-state index in [-0.39, 0.29) is 6.10 Å². The number of hydrogen-bond acceptors (Lipinski definition) is 3. The lowest BCUT2D eigenvalue weighted by Gasteiger charge is -2.16. The molecule has 4 heteroatoms. The molecule has 0 amide bonds. The first-order valence-electron chi connectivity index (χ1n) is 9.12. The van der Waals surface area contributed by atoms with Crippen LogP contribution in [0, 0.1) is 0 Å². The summed E-state index contributed by atoms with van der Waals surface area (Å²) in [6.07, 6.45) is 5.62. The van der Waals surface area contributed by atoms with E-state index in [2.05, 4.69) is 36.9 Å². The predicted octanol–water partition coefficient (Wildman–Crippen LogP) is 4.62. The van der Waals surface area contributed by atoms with Gasteiger partial charge >= 0.3 is 0 Å². The molecule has 1 aromatic heterocycles. The molecule has 0 spiro atoms. The highest BCUT2D eigenvalue weighted by Crippen LogP contribution is 2.26. The molecule has 1 fully saturated rings. The maximum absolute atomic E-state index is 6.02. The van der Waals surface area contributed by atoms with Gasteiger partial charge in [-0.2, -0.15) is 0 Å². The van der Waals surface area contributed by atoms with E-state index in [1.165, 1.54) is 30.5 Å². The lowest BCUT2D eigenvalue weighted by atomic mass is 10.1. The molecule has 0 radical (unpaired) electrons. The molecule has 3 unspecified atom stereocenters. The molecule has 3 nitrogen and oxygen atoms in total. The predicted molar refractivity (Wildman–Crippen MR) is 99.1 cm³/mol. The van der Waals surface area contributed by atoms with E-state index in [9.17, 15) is 0 Å². The minimum Gasteiger partial charge on any atom is -0.467 e. The Morgan fingerprint density at radius 2 is 2.00 bits per heavy atom. The van der Waals surface area contributed by atoms with Crippen LogP contribution in [0.2, 0.25) is 18.6 Å². The zero-order valence-corrected chi connectivity index (χ0v) is 15.7. The summed E-state index contributed by atoms with van der Waals surface area (Å²) in [5.74, 6) is 0.953. The summed E-state index contributed by atoms with van der Waals surface area (Å²) >= 11 is 0. The third-order valence-electron chi connectivity index (χ3n) is 4.68. The fourth-order valence-corrected chi connectivity index (χ4v) is 5.07. The van der Waals surface area contributed by atoms with E-state index >= 15 is 0 Å². The topological polar surface area (TPSA) is 34.9 Å². The highest BCUT2D eigenvalue weighted by Gasteiger charge is 2.25. The normalized spacial score (nSPS) is 19.1. The van der Waals surface area contributed by atoms with E-state index < -0.39 is 8.80 Å². The first-order valence-corrected chi connectivity index (χ1v) is 11.9. The van der Waals surface area contributed by atoms with E-state index in [0.29, 0.717) is 12.7 Å². The highest BCUT2D eigenvalue weighted by atomic mass is 28.3. The van der Waals surface area contributed by atoms with Crippen LogP contribution in [0.15, 0.2) is 53.1 Å². The fraction of sp³-hybridized carbons (Fsp3) is 0.500. The number of hydrogen-bond donors (Lipinski definition) is 0. The second kappa shape index (κ2) is 9.21. The monoisotopic (exact) mass is 344 g/mol. The second-order valence-electron chi connectivity index (χ2n) is 6.85. The highest BCUT2D eigenvalue weighted by molar-refractivity contribution is 6.57. The number of epoxide rings is 1. The molecule has 3 rings (SSSR count). The van der Waals surface area contributed by atoms with Gasteiger partial charge in [0.15, 0.2) is 0 Å². The van der Waals surface area contributed by atoms with Crippen LogP contribution in [0.3, 0.4) is 0 Å². The zero-order chi connectivity index (χ0) is 16.6. The molecular weight excluding hydrogens is 316 g/mol. The Kier molecular flexibility index (Phi) is 6.70. The summed E-state index contributed by atoms with van der Waals surface area (Å²) in [4.78, 5) is 0. The fourth-order valence-electron chi connectivity index (χ4n) is 3.02. The summed E-state index contributed by atoms with van der Waals surface area (Å²) in [5, 5.41) is 0. The van der Waals surface area contributed by atoms with Gasteiger partial charge in [0.2, 0.25) is 0 Å². The van der Waals surface area contributed by atoms with Gasteiger partial charge in [0.05, 0.1) is 19.5 Å². The van der Waals surface area contributed by atoms with Gasteiger partial charge in [0.1, 0.15) is 18.0 Å². The molecule has 2 heterocycles. The number of benzene rings is 1. The minimum atomic E-state index is -0.648. The molecule has 3 atom stereocenters. The van der Waals surface area contributed by atoms with Gasteiger partial charge in [-0.05, 0) is 30.5 Å². The van der Waals surface area contributed by atoms with Crippen molar-refractivity contribution >= 4 is 8.80 Å². The van der Waals surface area contributed by atoms with Gasteiger partial charge in [-0.1, -0.05) is 55.4 Å². The molecule has 130 valence electrons. The van der Waals surface area contributed by atoms with Crippen molar-refractivity contribution in [3.63, 3.8) is 0 Å². The van der Waals surface area contributed by atoms with Crippen LogP contribution in [-0.4, -0.2) is 28.1 Å². The lowest BCUT2D eigenvalue weighted by Crippen LogP contribution is -2.11. The molecule has 1 aliphatic rings. The molecule has 1 saturated heterocycles. The first-order chi connectivity index (χ1) is 11.8. The van der Waals surface area contributed by atoms with Crippen molar-refractivity contribution in [2.45, 2.75) is 50.1 Å². The van der Waals surface area contributed by atoms with E-state index in [0.717, 1.165) is 18.8 Å². The second-order valence-corrected chi connectivity index (χ2v) is 10.2. The van der Waals surface area contributed by atoms with E-state index in [1.54, 1.807) is 6.26 Å². The number of rotatable bonds is 11. The third kappa shape index (κ3) is 5.93. The Hall–Kier alpha value is -1.36. The molecule has 0 saturated carbocycles. The number of ether oxygens (including phenoxy) is 2. The van der Waals surface area contributed by atoms with Crippen LogP contribution < -0.4 is 0 Å². The SMILES string of the molecule is C[SiH](CCCC(OCC1CO1)c1ccco1)CCc1ccccc1. The molecule has 1 aliphatic heterocycles. The van der Waals surface area contributed by atoms with Crippen LogP contribution in [0.4, 0.5) is 0 Å². The van der Waals surface area contributed by atoms with Crippen molar-refractivity contribution in [1.29, 1.82) is 0 Å². The molecule has 0 bridgehead atoms. The van der Waals surface area contributed by atoms with Gasteiger partial charge in [-0.15, -0.1) is 0 Å². The van der Waals surface area contributed by atoms with Crippen molar-refractivity contribution in [3.8, 4) is 0 Å². The van der Waals surface area contributed by atoms with E-state index in [4.69, 9.17) is 13.9 Å². The van der Waals surface area contributed by atoms with Crippen LogP contribution in [-0.2, 0) is 15.9 Å². The summed E-state index contributed by atoms with van der Waals surface area (Å²) in [6.45, 7) is 4.02. The van der Waals surface area contributed by atoms with Crippen LogP contribution in [0.1, 0.15) is 30.3 Å². The Morgan fingerprint density at radius 1 is 1.17 bits per heavy atom. The maximum atomic E-state index is 6.02. The van der Waals surface area contributed by atoms with Gasteiger partial charge < -0.3 is 13.9 Å². The lowest BCUT2D eigenvalue weighted by molar-refractivity contribution is 0.0223. The largest absolute Gasteiger partial charge is 0.467 e. The Morgan fingerprint density at radius 3 is 2.71 bits per heavy atom. The van der Waals surface area contributed by atoms with Crippen molar-refractivity contribution in [3.05, 3.63) is 60.1 Å². The smallest absolute Gasteiger partial charge is 0.132 e. The minimum absolute atomic E-state index is 0.0829. The van der Waals surface area contributed by atoms with Gasteiger partial charge in [-0.3, -0.25) is 0 Å². The van der Waals surface area contributed by atoms with E-state index in [1.807, 2.05) is 12.1 Å². The average molecular weight is 345 g/mol. The summed E-state index contributed by atoms with van der Waals surface area (Å²) < 4.78 is 16.8. The standard InChI is InChI=1S/C20H28O3Si/c1-24(14-11-17-7-3-2-4-8-17)13-6-10-20(19-9-5-12-21-19)23-16-18-15-22-18/h2-5,7-9,12,18,20,24H,6,10-11,13-16H2,1H3.